The highest BCUT2D eigenvalue weighted by Crippen LogP contribution is 2.25. The third-order valence-corrected chi connectivity index (χ3v) is 5.44. The number of hydrogen-bond acceptors (Lipinski definition) is 7. The molecule has 0 spiro atoms. The minimum absolute atomic E-state index is 0.0118. The first-order valence-corrected chi connectivity index (χ1v) is 10.2. The summed E-state index contributed by atoms with van der Waals surface area (Å²) in [6, 6.07) is 10.0. The van der Waals surface area contributed by atoms with Crippen LogP contribution in [-0.4, -0.2) is 51.1 Å². The Morgan fingerprint density at radius 1 is 1.07 bits per heavy atom. The Labute approximate surface area is 171 Å². The molecule has 0 radical (unpaired) electrons. The maximum atomic E-state index is 5.94. The summed E-state index contributed by atoms with van der Waals surface area (Å²) in [5, 5.41) is 4.15. The zero-order valence-corrected chi connectivity index (χ0v) is 17.6. The zero-order valence-electron chi connectivity index (χ0n) is 17.6. The molecule has 3 aromatic rings. The van der Waals surface area contributed by atoms with E-state index in [4.69, 9.17) is 8.94 Å². The molecular weight excluding hydrogens is 366 g/mol. The van der Waals surface area contributed by atoms with Gasteiger partial charge in [-0.15, -0.1) is 0 Å². The summed E-state index contributed by atoms with van der Waals surface area (Å²) >= 11 is 0. The molecule has 29 heavy (non-hydrogen) atoms. The third-order valence-electron chi connectivity index (χ3n) is 5.44. The van der Waals surface area contributed by atoms with Crippen molar-refractivity contribution in [3.05, 3.63) is 54.1 Å². The topological polar surface area (TPSA) is 71.4 Å². The van der Waals surface area contributed by atoms with E-state index in [1.54, 1.807) is 0 Å². The van der Waals surface area contributed by atoms with Gasteiger partial charge in [-0.1, -0.05) is 56.3 Å². The minimum Gasteiger partial charge on any atom is -0.444 e. The van der Waals surface area contributed by atoms with Crippen molar-refractivity contribution < 1.29 is 8.94 Å². The summed E-state index contributed by atoms with van der Waals surface area (Å²) in [6.45, 7) is 13.1. The van der Waals surface area contributed by atoms with Crippen molar-refractivity contribution in [1.29, 1.82) is 0 Å². The molecule has 1 atom stereocenters. The quantitative estimate of drug-likeness (QED) is 0.649. The molecule has 7 heteroatoms. The summed E-state index contributed by atoms with van der Waals surface area (Å²) in [6.07, 6.45) is 1.85. The fourth-order valence-corrected chi connectivity index (χ4v) is 3.50. The number of benzene rings is 1. The molecule has 1 fully saturated rings. The second-order valence-corrected chi connectivity index (χ2v) is 8.68. The average Bonchev–Trinajstić information content (AvgIpc) is 3.38. The minimum atomic E-state index is -0.0118. The highest BCUT2D eigenvalue weighted by atomic mass is 16.5. The van der Waals surface area contributed by atoms with Crippen molar-refractivity contribution in [3.63, 3.8) is 0 Å². The van der Waals surface area contributed by atoms with Crippen molar-refractivity contribution in [3.8, 4) is 11.4 Å². The van der Waals surface area contributed by atoms with Gasteiger partial charge in [-0.05, 0) is 6.92 Å². The number of piperazine rings is 1. The van der Waals surface area contributed by atoms with E-state index in [1.807, 2.05) is 36.5 Å². The van der Waals surface area contributed by atoms with Crippen molar-refractivity contribution in [2.45, 2.75) is 45.7 Å². The van der Waals surface area contributed by atoms with Crippen LogP contribution in [0.15, 0.2) is 45.5 Å². The lowest BCUT2D eigenvalue weighted by Crippen LogP contribution is -2.46. The second kappa shape index (κ2) is 8.08. The van der Waals surface area contributed by atoms with Crippen LogP contribution in [0.1, 0.15) is 51.3 Å². The highest BCUT2D eigenvalue weighted by molar-refractivity contribution is 5.53. The Hall–Kier alpha value is -2.51. The fraction of sp³-hybridized carbons (Fsp3) is 0.500. The van der Waals surface area contributed by atoms with Crippen LogP contribution in [0.25, 0.3) is 11.4 Å². The Balaban J connectivity index is 1.32. The fourth-order valence-electron chi connectivity index (χ4n) is 3.50. The summed E-state index contributed by atoms with van der Waals surface area (Å²) < 4.78 is 11.5. The van der Waals surface area contributed by atoms with E-state index >= 15 is 0 Å². The van der Waals surface area contributed by atoms with Gasteiger partial charge >= 0.3 is 0 Å². The molecule has 1 aliphatic rings. The molecule has 2 aromatic heterocycles. The van der Waals surface area contributed by atoms with Crippen molar-refractivity contribution in [2.24, 2.45) is 0 Å². The van der Waals surface area contributed by atoms with Gasteiger partial charge < -0.3 is 8.94 Å². The van der Waals surface area contributed by atoms with E-state index in [-0.39, 0.29) is 11.5 Å². The van der Waals surface area contributed by atoms with E-state index in [0.29, 0.717) is 11.7 Å². The predicted molar refractivity (Wildman–Crippen MR) is 110 cm³/mol. The predicted octanol–water partition coefficient (Wildman–Crippen LogP) is 3.90. The lowest BCUT2D eigenvalue weighted by atomic mass is 9.94. The third kappa shape index (κ3) is 4.57. The van der Waals surface area contributed by atoms with E-state index in [1.165, 1.54) is 0 Å². The zero-order chi connectivity index (χ0) is 20.4. The van der Waals surface area contributed by atoms with Gasteiger partial charge in [0.25, 0.3) is 0 Å². The van der Waals surface area contributed by atoms with Crippen LogP contribution in [0.2, 0.25) is 0 Å². The molecule has 1 aliphatic heterocycles. The maximum Gasteiger partial charge on any atom is 0.244 e. The van der Waals surface area contributed by atoms with Gasteiger partial charge in [0.1, 0.15) is 5.76 Å². The van der Waals surface area contributed by atoms with E-state index in [9.17, 15) is 0 Å². The molecule has 0 N–H and O–H groups in total. The Kier molecular flexibility index (Phi) is 5.52. The first-order valence-electron chi connectivity index (χ1n) is 10.2. The summed E-state index contributed by atoms with van der Waals surface area (Å²) in [4.78, 5) is 13.8. The molecule has 1 aromatic carbocycles. The summed E-state index contributed by atoms with van der Waals surface area (Å²) in [7, 11) is 0. The van der Waals surface area contributed by atoms with Crippen LogP contribution in [0.5, 0.6) is 0 Å². The first kappa shape index (κ1) is 19.8. The van der Waals surface area contributed by atoms with Crippen LogP contribution >= 0.6 is 0 Å². The molecule has 154 valence electrons. The van der Waals surface area contributed by atoms with Gasteiger partial charge in [0.05, 0.1) is 18.8 Å². The Morgan fingerprint density at radius 3 is 2.45 bits per heavy atom. The normalized spacial score (nSPS) is 17.5. The van der Waals surface area contributed by atoms with E-state index in [0.717, 1.165) is 49.9 Å². The second-order valence-electron chi connectivity index (χ2n) is 8.68. The molecule has 0 saturated carbocycles. The van der Waals surface area contributed by atoms with Gasteiger partial charge in [0.15, 0.2) is 0 Å². The first-order chi connectivity index (χ1) is 13.9. The van der Waals surface area contributed by atoms with Crippen molar-refractivity contribution >= 4 is 0 Å². The van der Waals surface area contributed by atoms with Gasteiger partial charge in [0.2, 0.25) is 17.6 Å². The molecular formula is C22H29N5O2. The average molecular weight is 396 g/mol. The van der Waals surface area contributed by atoms with Crippen molar-refractivity contribution in [2.75, 3.05) is 26.2 Å². The van der Waals surface area contributed by atoms with Crippen LogP contribution in [-0.2, 0) is 12.0 Å². The number of nitrogens with zero attached hydrogens (tertiary/aromatic N) is 5. The van der Waals surface area contributed by atoms with Crippen molar-refractivity contribution in [1.82, 2.24) is 24.9 Å². The molecule has 0 amide bonds. The monoisotopic (exact) mass is 395 g/mol. The summed E-state index contributed by atoms with van der Waals surface area (Å²) in [5.41, 5.74) is 0.960. The van der Waals surface area contributed by atoms with Crippen LogP contribution in [0, 0.1) is 0 Å². The smallest absolute Gasteiger partial charge is 0.244 e. The molecule has 1 saturated heterocycles. The number of oxazole rings is 1. The van der Waals surface area contributed by atoms with Gasteiger partial charge in [0, 0.05) is 37.2 Å². The van der Waals surface area contributed by atoms with Crippen LogP contribution in [0.3, 0.4) is 0 Å². The molecule has 0 bridgehead atoms. The molecule has 0 unspecified atom stereocenters. The Morgan fingerprint density at radius 2 is 1.79 bits per heavy atom. The molecule has 0 aliphatic carbocycles. The maximum absolute atomic E-state index is 5.94. The van der Waals surface area contributed by atoms with Gasteiger partial charge in [-0.25, -0.2) is 4.98 Å². The number of rotatable bonds is 5. The molecule has 4 rings (SSSR count). The largest absolute Gasteiger partial charge is 0.444 e. The molecule has 3 heterocycles. The lowest BCUT2D eigenvalue weighted by Gasteiger charge is -2.36. The summed E-state index contributed by atoms with van der Waals surface area (Å²) in [5.74, 6) is 3.04. The number of aromatic nitrogens is 3. The van der Waals surface area contributed by atoms with E-state index in [2.05, 4.69) is 52.6 Å². The standard InChI is InChI=1S/C22H29N5O2/c1-16(21-24-20(25-29-21)17-8-6-5-7-9-17)27-12-10-26(11-13-27)15-19-23-14-18(28-19)22(2,3)4/h5-9,14,16H,10-13,15H2,1-4H3/t16-/m1/s1. The highest BCUT2D eigenvalue weighted by Gasteiger charge is 2.27. The van der Waals surface area contributed by atoms with E-state index < -0.39 is 0 Å². The van der Waals surface area contributed by atoms with Crippen LogP contribution in [0.4, 0.5) is 0 Å². The lowest BCUT2D eigenvalue weighted by molar-refractivity contribution is 0.0793. The molecule has 7 nitrogen and oxygen atoms in total. The van der Waals surface area contributed by atoms with Crippen LogP contribution < -0.4 is 0 Å². The SMILES string of the molecule is C[C@H](c1nc(-c2ccccc2)no1)N1CCN(Cc2ncc(C(C)(C)C)o2)CC1. The van der Waals surface area contributed by atoms with Gasteiger partial charge in [-0.3, -0.25) is 9.80 Å². The van der Waals surface area contributed by atoms with Gasteiger partial charge in [-0.2, -0.15) is 4.98 Å². The number of hydrogen-bond donors (Lipinski definition) is 0. The Bertz CT molecular complexity index is 920.